The van der Waals surface area contributed by atoms with Crippen molar-refractivity contribution in [1.82, 2.24) is 15.3 Å². The lowest BCUT2D eigenvalue weighted by Gasteiger charge is -2.34. The van der Waals surface area contributed by atoms with E-state index in [1.807, 2.05) is 6.07 Å². The molecule has 1 unspecified atom stereocenters. The van der Waals surface area contributed by atoms with Gasteiger partial charge in [-0.1, -0.05) is 11.6 Å². The second-order valence-electron chi connectivity index (χ2n) is 6.33. The number of halogens is 1. The van der Waals surface area contributed by atoms with Crippen molar-refractivity contribution in [3.05, 3.63) is 17.0 Å². The molecule has 1 aromatic rings. The number of anilines is 1. The van der Waals surface area contributed by atoms with Gasteiger partial charge in [0.1, 0.15) is 11.7 Å². The van der Waals surface area contributed by atoms with Gasteiger partial charge in [-0.25, -0.2) is 14.8 Å². The molecule has 0 bridgehead atoms. The molecule has 0 spiro atoms. The first-order valence-electron chi connectivity index (χ1n) is 7.47. The molecule has 1 saturated heterocycles. The highest BCUT2D eigenvalue weighted by atomic mass is 35.5. The Morgan fingerprint density at radius 2 is 2.30 bits per heavy atom. The first kappa shape index (κ1) is 17.4. The van der Waals surface area contributed by atoms with Crippen molar-refractivity contribution >= 4 is 23.5 Å². The van der Waals surface area contributed by atoms with Crippen molar-refractivity contribution in [2.45, 2.75) is 45.3 Å². The van der Waals surface area contributed by atoms with Gasteiger partial charge in [0.05, 0.1) is 12.2 Å². The fraction of sp³-hybridized carbons (Fsp3) is 0.600. The van der Waals surface area contributed by atoms with Crippen molar-refractivity contribution in [2.24, 2.45) is 0 Å². The van der Waals surface area contributed by atoms with Crippen LogP contribution in [0, 0.1) is 11.3 Å². The van der Waals surface area contributed by atoms with E-state index in [-0.39, 0.29) is 22.7 Å². The van der Waals surface area contributed by atoms with E-state index in [0.29, 0.717) is 6.54 Å². The van der Waals surface area contributed by atoms with E-state index in [1.54, 1.807) is 20.8 Å². The van der Waals surface area contributed by atoms with Gasteiger partial charge >= 0.3 is 6.09 Å². The van der Waals surface area contributed by atoms with Crippen LogP contribution in [0.25, 0.3) is 0 Å². The molecule has 23 heavy (non-hydrogen) atoms. The van der Waals surface area contributed by atoms with Gasteiger partial charge in [0.25, 0.3) is 0 Å². The van der Waals surface area contributed by atoms with Crippen LogP contribution in [0.15, 0.2) is 6.20 Å². The molecule has 1 N–H and O–H groups in total. The molecule has 0 aromatic carbocycles. The van der Waals surface area contributed by atoms with Crippen LogP contribution in [-0.2, 0) is 4.74 Å². The predicted molar refractivity (Wildman–Crippen MR) is 86.4 cm³/mol. The molecule has 1 atom stereocenters. The van der Waals surface area contributed by atoms with Gasteiger partial charge in [0.15, 0.2) is 16.7 Å². The Labute approximate surface area is 140 Å². The van der Waals surface area contributed by atoms with Crippen molar-refractivity contribution in [2.75, 3.05) is 18.0 Å². The standard InChI is InChI=1S/C15H20ClN5O2/c1-15(2,3)23-14(22)21(10-5-4-6-18-8-10)12-9-19-11(7-17)13(16)20-12/h9-10,18H,4-6,8H2,1-3H3. The van der Waals surface area contributed by atoms with Crippen LogP contribution in [0.5, 0.6) is 0 Å². The molecular weight excluding hydrogens is 318 g/mol. The summed E-state index contributed by atoms with van der Waals surface area (Å²) in [5.41, 5.74) is -0.595. The van der Waals surface area contributed by atoms with E-state index in [1.165, 1.54) is 11.1 Å². The van der Waals surface area contributed by atoms with E-state index in [9.17, 15) is 4.79 Å². The minimum atomic E-state index is -0.624. The van der Waals surface area contributed by atoms with Crippen molar-refractivity contribution < 1.29 is 9.53 Å². The number of carbonyl (C=O) groups excluding carboxylic acids is 1. The maximum absolute atomic E-state index is 12.6. The maximum Gasteiger partial charge on any atom is 0.416 e. The quantitative estimate of drug-likeness (QED) is 0.891. The Kier molecular flexibility index (Phi) is 5.39. The average Bonchev–Trinajstić information content (AvgIpc) is 2.47. The van der Waals surface area contributed by atoms with Crippen LogP contribution in [0.2, 0.25) is 5.15 Å². The molecule has 7 nitrogen and oxygen atoms in total. The van der Waals surface area contributed by atoms with E-state index < -0.39 is 11.7 Å². The maximum atomic E-state index is 12.6. The number of nitriles is 1. The van der Waals surface area contributed by atoms with Crippen molar-refractivity contribution in [3.63, 3.8) is 0 Å². The number of carbonyl (C=O) groups is 1. The molecule has 1 fully saturated rings. The third-order valence-electron chi connectivity index (χ3n) is 3.30. The molecule has 1 aliphatic heterocycles. The Morgan fingerprint density at radius 3 is 2.83 bits per heavy atom. The third-order valence-corrected chi connectivity index (χ3v) is 3.56. The number of aromatic nitrogens is 2. The lowest BCUT2D eigenvalue weighted by Crippen LogP contribution is -2.50. The van der Waals surface area contributed by atoms with E-state index in [0.717, 1.165) is 19.4 Å². The topological polar surface area (TPSA) is 91.1 Å². The van der Waals surface area contributed by atoms with E-state index in [2.05, 4.69) is 15.3 Å². The molecule has 1 aliphatic rings. The molecule has 0 aliphatic carbocycles. The molecule has 1 aromatic heterocycles. The van der Waals surface area contributed by atoms with Crippen molar-refractivity contribution in [3.8, 4) is 6.07 Å². The number of rotatable bonds is 2. The lowest BCUT2D eigenvalue weighted by atomic mass is 10.1. The summed E-state index contributed by atoms with van der Waals surface area (Å²) in [6.45, 7) is 6.97. The number of nitrogens with one attached hydrogen (secondary N) is 1. The summed E-state index contributed by atoms with van der Waals surface area (Å²) in [7, 11) is 0. The summed E-state index contributed by atoms with van der Waals surface area (Å²) < 4.78 is 5.49. The van der Waals surface area contributed by atoms with Gasteiger partial charge in [-0.3, -0.25) is 4.90 Å². The second-order valence-corrected chi connectivity index (χ2v) is 6.69. The number of ether oxygens (including phenoxy) is 1. The highest BCUT2D eigenvalue weighted by molar-refractivity contribution is 6.30. The molecule has 2 rings (SSSR count). The van der Waals surface area contributed by atoms with Crippen LogP contribution >= 0.6 is 11.6 Å². The third kappa shape index (κ3) is 4.53. The minimum absolute atomic E-state index is 0.0256. The second kappa shape index (κ2) is 7.11. The first-order chi connectivity index (χ1) is 10.8. The number of piperidine rings is 1. The first-order valence-corrected chi connectivity index (χ1v) is 7.85. The fourth-order valence-corrected chi connectivity index (χ4v) is 2.52. The van der Waals surface area contributed by atoms with Gasteiger partial charge in [-0.15, -0.1) is 0 Å². The summed E-state index contributed by atoms with van der Waals surface area (Å²) in [5, 5.41) is 12.1. The summed E-state index contributed by atoms with van der Waals surface area (Å²) in [6.07, 6.45) is 2.65. The van der Waals surface area contributed by atoms with Crippen molar-refractivity contribution in [1.29, 1.82) is 5.26 Å². The van der Waals surface area contributed by atoms with Crippen LogP contribution in [0.3, 0.4) is 0 Å². The van der Waals surface area contributed by atoms with Gasteiger partial charge in [0, 0.05) is 6.54 Å². The van der Waals surface area contributed by atoms with Gasteiger partial charge in [-0.2, -0.15) is 5.26 Å². The van der Waals surface area contributed by atoms with Gasteiger partial charge in [-0.05, 0) is 40.2 Å². The van der Waals surface area contributed by atoms with Gasteiger partial charge < -0.3 is 10.1 Å². The largest absolute Gasteiger partial charge is 0.443 e. The van der Waals surface area contributed by atoms with Crippen LogP contribution in [0.1, 0.15) is 39.3 Å². The zero-order valence-electron chi connectivity index (χ0n) is 13.5. The van der Waals surface area contributed by atoms with Gasteiger partial charge in [0.2, 0.25) is 0 Å². The summed E-state index contributed by atoms with van der Waals surface area (Å²) >= 11 is 5.96. The summed E-state index contributed by atoms with van der Waals surface area (Å²) in [5.74, 6) is 0.289. The highest BCUT2D eigenvalue weighted by Gasteiger charge is 2.32. The SMILES string of the molecule is CC(C)(C)OC(=O)N(c1cnc(C#N)c(Cl)n1)C1CCCNC1. The monoisotopic (exact) mass is 337 g/mol. The zero-order chi connectivity index (χ0) is 17.0. The molecule has 124 valence electrons. The molecule has 1 amide bonds. The molecular formula is C15H20ClN5O2. The number of amides is 1. The summed E-state index contributed by atoms with van der Waals surface area (Å²) in [6, 6.07) is 1.76. The Hall–Kier alpha value is -1.91. The highest BCUT2D eigenvalue weighted by Crippen LogP contribution is 2.24. The average molecular weight is 338 g/mol. The number of hydrogen-bond acceptors (Lipinski definition) is 6. The molecule has 8 heteroatoms. The Morgan fingerprint density at radius 1 is 1.57 bits per heavy atom. The normalized spacial score (nSPS) is 18.1. The zero-order valence-corrected chi connectivity index (χ0v) is 14.2. The molecule has 2 heterocycles. The molecule has 0 saturated carbocycles. The Balaban J connectivity index is 2.34. The van der Waals surface area contributed by atoms with Crippen LogP contribution < -0.4 is 10.2 Å². The fourth-order valence-electron chi connectivity index (χ4n) is 2.34. The Bertz CT molecular complexity index is 617. The molecule has 0 radical (unpaired) electrons. The number of hydrogen-bond donors (Lipinski definition) is 1. The smallest absolute Gasteiger partial charge is 0.416 e. The minimum Gasteiger partial charge on any atom is -0.443 e. The van der Waals surface area contributed by atoms with Crippen LogP contribution in [0.4, 0.5) is 10.6 Å². The summed E-state index contributed by atoms with van der Waals surface area (Å²) in [4.78, 5) is 22.2. The van der Waals surface area contributed by atoms with Crippen LogP contribution in [-0.4, -0.2) is 40.8 Å². The number of nitrogens with zero attached hydrogens (tertiary/aromatic N) is 4. The van der Waals surface area contributed by atoms with E-state index >= 15 is 0 Å². The predicted octanol–water partition coefficient (Wildman–Crippen LogP) is 2.50. The van der Waals surface area contributed by atoms with E-state index in [4.69, 9.17) is 21.6 Å². The lowest BCUT2D eigenvalue weighted by molar-refractivity contribution is 0.0559.